The maximum atomic E-state index is 11.2. The summed E-state index contributed by atoms with van der Waals surface area (Å²) in [4.78, 5) is 11.2. The van der Waals surface area contributed by atoms with Gasteiger partial charge in [0.05, 0.1) is 7.11 Å². The standard InChI is InChI=1S/C26H27NO4.C8H9Cl/c1-18-8-7-11-24(23(18)14-19(2)26(28)29)27-16-21-12-13-22(15-25(21)30-3)31-17-20-9-5-4-6-10-20;1-2-7-4-3-5-8(9)6-7/h4-15,27H,16-17H2,1-3H3,(H,28,29);3-6H,2H2,1H3/b19-14+;. The van der Waals surface area contributed by atoms with Crippen molar-refractivity contribution in [3.63, 3.8) is 0 Å². The number of hydrogen-bond donors (Lipinski definition) is 2. The van der Waals surface area contributed by atoms with Crippen molar-refractivity contribution in [1.82, 2.24) is 0 Å². The molecule has 40 heavy (non-hydrogen) atoms. The lowest BCUT2D eigenvalue weighted by atomic mass is 10.0. The van der Waals surface area contributed by atoms with E-state index in [0.717, 1.165) is 50.9 Å². The Labute approximate surface area is 242 Å². The summed E-state index contributed by atoms with van der Waals surface area (Å²) in [5.74, 6) is 0.534. The summed E-state index contributed by atoms with van der Waals surface area (Å²) in [5, 5.41) is 13.5. The number of nitrogens with one attached hydrogen (secondary N) is 1. The van der Waals surface area contributed by atoms with Crippen LogP contribution in [0, 0.1) is 6.92 Å². The van der Waals surface area contributed by atoms with Crippen LogP contribution in [0.2, 0.25) is 5.02 Å². The van der Waals surface area contributed by atoms with E-state index < -0.39 is 5.97 Å². The molecule has 0 aromatic heterocycles. The van der Waals surface area contributed by atoms with Gasteiger partial charge in [-0.3, -0.25) is 0 Å². The number of benzene rings is 4. The first-order valence-corrected chi connectivity index (χ1v) is 13.5. The molecule has 0 atom stereocenters. The molecular weight excluding hydrogens is 522 g/mol. The van der Waals surface area contributed by atoms with Gasteiger partial charge >= 0.3 is 5.97 Å². The highest BCUT2D eigenvalue weighted by Gasteiger charge is 2.10. The van der Waals surface area contributed by atoms with E-state index in [2.05, 4.69) is 18.3 Å². The fraction of sp³-hybridized carbons (Fsp3) is 0.206. The van der Waals surface area contributed by atoms with Gasteiger partial charge in [-0.15, -0.1) is 0 Å². The lowest BCUT2D eigenvalue weighted by molar-refractivity contribution is -0.132. The minimum absolute atomic E-state index is 0.287. The van der Waals surface area contributed by atoms with Gasteiger partial charge in [-0.25, -0.2) is 4.79 Å². The van der Waals surface area contributed by atoms with Crippen molar-refractivity contribution >= 4 is 29.3 Å². The van der Waals surface area contributed by atoms with Crippen molar-refractivity contribution in [2.24, 2.45) is 0 Å². The first-order chi connectivity index (χ1) is 19.3. The molecule has 0 amide bonds. The van der Waals surface area contributed by atoms with Gasteiger partial charge < -0.3 is 19.9 Å². The lowest BCUT2D eigenvalue weighted by Gasteiger charge is -2.15. The summed E-state index contributed by atoms with van der Waals surface area (Å²) in [5.41, 5.74) is 6.39. The Morgan fingerprint density at radius 3 is 2.33 bits per heavy atom. The van der Waals surface area contributed by atoms with Gasteiger partial charge in [-0.2, -0.15) is 0 Å². The number of aliphatic carboxylic acids is 1. The second kappa shape index (κ2) is 15.4. The minimum Gasteiger partial charge on any atom is -0.496 e. The van der Waals surface area contributed by atoms with E-state index >= 15 is 0 Å². The largest absolute Gasteiger partial charge is 0.496 e. The number of methoxy groups -OCH3 is 1. The molecule has 0 aliphatic heterocycles. The van der Waals surface area contributed by atoms with Crippen molar-refractivity contribution in [3.05, 3.63) is 129 Å². The molecule has 6 heteroatoms. The Balaban J connectivity index is 0.000000415. The molecule has 0 heterocycles. The van der Waals surface area contributed by atoms with Crippen LogP contribution >= 0.6 is 11.6 Å². The van der Waals surface area contributed by atoms with Crippen LogP contribution in [0.15, 0.2) is 96.6 Å². The SMILES string of the molecule is CCc1cccc(Cl)c1.COc1cc(OCc2ccccc2)ccc1CNc1cccc(C)c1/C=C(\C)C(=O)O. The van der Waals surface area contributed by atoms with Gasteiger partial charge in [0.15, 0.2) is 0 Å². The average Bonchev–Trinajstić information content (AvgIpc) is 2.97. The fourth-order valence-electron chi connectivity index (χ4n) is 3.95. The highest BCUT2D eigenvalue weighted by molar-refractivity contribution is 6.30. The average molecular weight is 558 g/mol. The van der Waals surface area contributed by atoms with Gasteiger partial charge in [0.25, 0.3) is 0 Å². The fourth-order valence-corrected chi connectivity index (χ4v) is 4.17. The quantitative estimate of drug-likeness (QED) is 0.191. The minimum atomic E-state index is -0.929. The van der Waals surface area contributed by atoms with Crippen LogP contribution in [-0.4, -0.2) is 18.2 Å². The molecule has 0 bridgehead atoms. The third kappa shape index (κ3) is 9.21. The van der Waals surface area contributed by atoms with Crippen LogP contribution in [0.4, 0.5) is 5.69 Å². The van der Waals surface area contributed by atoms with E-state index in [9.17, 15) is 9.90 Å². The van der Waals surface area contributed by atoms with Gasteiger partial charge in [0, 0.05) is 40.0 Å². The van der Waals surface area contributed by atoms with Gasteiger partial charge in [0.2, 0.25) is 0 Å². The molecule has 208 valence electrons. The van der Waals surface area contributed by atoms with Gasteiger partial charge in [0.1, 0.15) is 18.1 Å². The van der Waals surface area contributed by atoms with E-state index in [1.54, 1.807) is 20.1 Å². The predicted octanol–water partition coefficient (Wildman–Crippen LogP) is 8.59. The Hall–Kier alpha value is -4.22. The van der Waals surface area contributed by atoms with Crippen LogP contribution in [0.3, 0.4) is 0 Å². The Kier molecular flexibility index (Phi) is 11.7. The third-order valence-electron chi connectivity index (χ3n) is 6.30. The number of anilines is 1. The van der Waals surface area contributed by atoms with Crippen molar-refractivity contribution in [3.8, 4) is 11.5 Å². The molecule has 0 fully saturated rings. The number of halogens is 1. The Bertz CT molecular complexity index is 1430. The summed E-state index contributed by atoms with van der Waals surface area (Å²) in [7, 11) is 1.64. The molecule has 5 nitrogen and oxygen atoms in total. The van der Waals surface area contributed by atoms with Crippen LogP contribution in [0.1, 0.15) is 41.7 Å². The topological polar surface area (TPSA) is 67.8 Å². The molecule has 0 radical (unpaired) electrons. The third-order valence-corrected chi connectivity index (χ3v) is 6.53. The maximum Gasteiger partial charge on any atom is 0.331 e. The molecule has 2 N–H and O–H groups in total. The van der Waals surface area contributed by atoms with Crippen molar-refractivity contribution in [1.29, 1.82) is 0 Å². The van der Waals surface area contributed by atoms with Gasteiger partial charge in [-0.05, 0) is 73.4 Å². The van der Waals surface area contributed by atoms with Crippen LogP contribution < -0.4 is 14.8 Å². The van der Waals surface area contributed by atoms with Crippen LogP contribution in [0.25, 0.3) is 6.08 Å². The molecule has 0 unspecified atom stereocenters. The van der Waals surface area contributed by atoms with E-state index in [1.807, 2.05) is 91.9 Å². The summed E-state index contributed by atoms with van der Waals surface area (Å²) < 4.78 is 11.5. The number of rotatable bonds is 10. The first kappa shape index (κ1) is 30.3. The van der Waals surface area contributed by atoms with E-state index in [-0.39, 0.29) is 5.57 Å². The van der Waals surface area contributed by atoms with Crippen molar-refractivity contribution < 1.29 is 19.4 Å². The zero-order valence-corrected chi connectivity index (χ0v) is 24.2. The number of carboxylic acid groups (broad SMARTS) is 1. The monoisotopic (exact) mass is 557 g/mol. The molecule has 4 aromatic carbocycles. The van der Waals surface area contributed by atoms with Crippen LogP contribution in [-0.2, 0) is 24.4 Å². The second-order valence-corrected chi connectivity index (χ2v) is 9.69. The number of ether oxygens (including phenoxy) is 2. The van der Waals surface area contributed by atoms with Crippen LogP contribution in [0.5, 0.6) is 11.5 Å². The highest BCUT2D eigenvalue weighted by Crippen LogP contribution is 2.28. The Morgan fingerprint density at radius 2 is 1.68 bits per heavy atom. The zero-order chi connectivity index (χ0) is 28.9. The number of carboxylic acids is 1. The van der Waals surface area contributed by atoms with E-state index in [0.29, 0.717) is 13.2 Å². The number of carbonyl (C=O) groups is 1. The predicted molar refractivity (Wildman–Crippen MR) is 164 cm³/mol. The maximum absolute atomic E-state index is 11.2. The molecular formula is C34H36ClNO4. The van der Waals surface area contributed by atoms with Gasteiger partial charge in [-0.1, -0.05) is 73.1 Å². The highest BCUT2D eigenvalue weighted by atomic mass is 35.5. The molecule has 0 saturated carbocycles. The molecule has 0 spiro atoms. The summed E-state index contributed by atoms with van der Waals surface area (Å²) in [6, 6.07) is 29.6. The van der Waals surface area contributed by atoms with Crippen molar-refractivity contribution in [2.75, 3.05) is 12.4 Å². The number of aryl methyl sites for hydroxylation is 2. The zero-order valence-electron chi connectivity index (χ0n) is 23.4. The lowest BCUT2D eigenvalue weighted by Crippen LogP contribution is -2.05. The molecule has 4 rings (SSSR count). The Morgan fingerprint density at radius 1 is 0.950 bits per heavy atom. The summed E-state index contributed by atoms with van der Waals surface area (Å²) >= 11 is 5.72. The van der Waals surface area contributed by atoms with Crippen molar-refractivity contribution in [2.45, 2.75) is 40.3 Å². The molecule has 0 aliphatic rings. The molecule has 4 aromatic rings. The smallest absolute Gasteiger partial charge is 0.331 e. The molecule has 0 aliphatic carbocycles. The first-order valence-electron chi connectivity index (χ1n) is 13.1. The second-order valence-electron chi connectivity index (χ2n) is 9.25. The summed E-state index contributed by atoms with van der Waals surface area (Å²) in [6.07, 6.45) is 2.75. The normalized spacial score (nSPS) is 10.8. The summed E-state index contributed by atoms with van der Waals surface area (Å²) in [6.45, 7) is 6.69. The number of hydrogen-bond acceptors (Lipinski definition) is 4. The van der Waals surface area contributed by atoms with E-state index in [4.69, 9.17) is 21.1 Å². The molecule has 0 saturated heterocycles. The van der Waals surface area contributed by atoms with E-state index in [1.165, 1.54) is 5.56 Å².